The molecule has 0 amide bonds. The molecule has 0 aliphatic carbocycles. The maximum atomic E-state index is 12.4. The fourth-order valence-corrected chi connectivity index (χ4v) is 4.41. The molecule has 0 atom stereocenters. The Morgan fingerprint density at radius 1 is 1.21 bits per heavy atom. The average Bonchev–Trinajstić information content (AvgIpc) is 3.11. The molecule has 4 aromatic rings. The molecule has 0 fully saturated rings. The van der Waals surface area contributed by atoms with Gasteiger partial charge in [-0.1, -0.05) is 19.1 Å². The molecule has 0 aliphatic rings. The van der Waals surface area contributed by atoms with Gasteiger partial charge in [-0.05, 0) is 53.9 Å². The zero-order valence-corrected chi connectivity index (χ0v) is 17.0. The molecule has 2 aromatic heterocycles. The number of H-pyrrole nitrogens is 1. The molecule has 4 rings (SSSR count). The number of aromatic nitrogens is 2. The van der Waals surface area contributed by atoms with E-state index in [0.29, 0.717) is 10.6 Å². The van der Waals surface area contributed by atoms with Crippen molar-refractivity contribution in [1.82, 2.24) is 9.97 Å². The molecule has 148 valence electrons. The van der Waals surface area contributed by atoms with Crippen LogP contribution in [0.2, 0.25) is 0 Å². The summed E-state index contributed by atoms with van der Waals surface area (Å²) in [6, 6.07) is 12.8. The van der Waals surface area contributed by atoms with E-state index in [1.165, 1.54) is 6.21 Å². The van der Waals surface area contributed by atoms with Gasteiger partial charge in [0.2, 0.25) is 0 Å². The van der Waals surface area contributed by atoms with Crippen LogP contribution in [0.15, 0.2) is 53.6 Å². The number of fused-ring (bicyclic) bond motifs is 3. The van der Waals surface area contributed by atoms with Crippen molar-refractivity contribution < 1.29 is 13.2 Å². The highest BCUT2D eigenvalue weighted by Gasteiger charge is 2.18. The van der Waals surface area contributed by atoms with Gasteiger partial charge in [-0.3, -0.25) is 0 Å². The fraction of sp³-hybridized carbons (Fsp3) is 0.182. The summed E-state index contributed by atoms with van der Waals surface area (Å²) in [5.74, 6) is 0.679. The lowest BCUT2D eigenvalue weighted by Crippen LogP contribution is -2.03. The smallest absolute Gasteiger partial charge is 0.178 e. The second kappa shape index (κ2) is 7.33. The third kappa shape index (κ3) is 3.38. The van der Waals surface area contributed by atoms with E-state index in [9.17, 15) is 8.42 Å². The zero-order chi connectivity index (χ0) is 20.6. The first-order valence-corrected chi connectivity index (χ1v) is 11.0. The number of ether oxygens (including phenoxy) is 1. The molecule has 0 radical (unpaired) electrons. The van der Waals surface area contributed by atoms with Crippen molar-refractivity contribution in [2.75, 3.05) is 12.4 Å². The lowest BCUT2D eigenvalue weighted by Gasteiger charge is -2.10. The molecule has 0 bridgehead atoms. The van der Waals surface area contributed by atoms with E-state index >= 15 is 0 Å². The second-order valence-electron chi connectivity index (χ2n) is 6.84. The lowest BCUT2D eigenvalue weighted by molar-refractivity contribution is 0.384. The molecular formula is C22H21N3O3S. The van der Waals surface area contributed by atoms with Crippen LogP contribution in [-0.2, 0) is 9.84 Å². The van der Waals surface area contributed by atoms with E-state index in [1.54, 1.807) is 31.3 Å². The quantitative estimate of drug-likeness (QED) is 0.460. The van der Waals surface area contributed by atoms with E-state index < -0.39 is 9.84 Å². The minimum atomic E-state index is -3.31. The van der Waals surface area contributed by atoms with Crippen LogP contribution in [0.3, 0.4) is 0 Å². The van der Waals surface area contributed by atoms with Crippen LogP contribution in [-0.4, -0.2) is 37.0 Å². The molecule has 0 saturated carbocycles. The van der Waals surface area contributed by atoms with Crippen molar-refractivity contribution >= 4 is 38.0 Å². The molecule has 29 heavy (non-hydrogen) atoms. The first kappa shape index (κ1) is 19.1. The number of aromatic amines is 1. The summed E-state index contributed by atoms with van der Waals surface area (Å²) in [5, 5.41) is 9.11. The summed E-state index contributed by atoms with van der Waals surface area (Å²) in [6.07, 6.45) is 2.99. The third-order valence-corrected chi connectivity index (χ3v) is 6.64. The average molecular weight is 407 g/mol. The van der Waals surface area contributed by atoms with Crippen molar-refractivity contribution in [3.05, 3.63) is 54.2 Å². The Labute approximate surface area is 169 Å². The molecule has 2 aromatic carbocycles. The van der Waals surface area contributed by atoms with Gasteiger partial charge >= 0.3 is 0 Å². The normalized spacial score (nSPS) is 11.8. The molecule has 2 heterocycles. The van der Waals surface area contributed by atoms with Crippen LogP contribution in [0.25, 0.3) is 33.1 Å². The second-order valence-corrected chi connectivity index (χ2v) is 9.12. The van der Waals surface area contributed by atoms with Gasteiger partial charge in [0.15, 0.2) is 9.84 Å². The molecule has 0 unspecified atom stereocenters. The highest BCUT2D eigenvalue weighted by molar-refractivity contribution is 7.91. The summed E-state index contributed by atoms with van der Waals surface area (Å²) in [6.45, 7) is 3.79. The summed E-state index contributed by atoms with van der Waals surface area (Å²) < 4.78 is 30.5. The number of pyridine rings is 1. The summed E-state index contributed by atoms with van der Waals surface area (Å²) in [7, 11) is -3.31. The Hall–Kier alpha value is -3.19. The van der Waals surface area contributed by atoms with Crippen LogP contribution in [0.1, 0.15) is 12.5 Å². The molecule has 0 saturated heterocycles. The highest BCUT2D eigenvalue weighted by Crippen LogP contribution is 2.39. The number of hydrogen-bond acceptors (Lipinski definition) is 5. The van der Waals surface area contributed by atoms with Gasteiger partial charge in [-0.2, -0.15) is 0 Å². The van der Waals surface area contributed by atoms with Crippen molar-refractivity contribution in [2.24, 2.45) is 0 Å². The zero-order valence-electron chi connectivity index (χ0n) is 16.2. The number of nitrogens with zero attached hydrogens (tertiary/aromatic N) is 1. The van der Waals surface area contributed by atoms with Gasteiger partial charge in [-0.15, -0.1) is 0 Å². The number of rotatable bonds is 6. The Kier molecular flexibility index (Phi) is 4.84. The molecule has 0 aliphatic heterocycles. The Balaban J connectivity index is 2.03. The Morgan fingerprint density at radius 2 is 2.03 bits per heavy atom. The topological polar surface area (TPSA) is 95.9 Å². The van der Waals surface area contributed by atoms with Gasteiger partial charge in [0.05, 0.1) is 16.2 Å². The molecule has 2 N–H and O–H groups in total. The molecule has 7 heteroatoms. The summed E-state index contributed by atoms with van der Waals surface area (Å²) in [5.41, 5.74) is 4.24. The van der Waals surface area contributed by atoms with E-state index in [1.807, 2.05) is 25.1 Å². The van der Waals surface area contributed by atoms with E-state index in [2.05, 4.69) is 16.0 Å². The maximum Gasteiger partial charge on any atom is 0.178 e. The van der Waals surface area contributed by atoms with Crippen LogP contribution in [0.5, 0.6) is 5.75 Å². The van der Waals surface area contributed by atoms with Gasteiger partial charge in [0.1, 0.15) is 18.0 Å². The van der Waals surface area contributed by atoms with E-state index in [-0.39, 0.29) is 12.4 Å². The lowest BCUT2D eigenvalue weighted by atomic mass is 9.99. The van der Waals surface area contributed by atoms with Crippen LogP contribution in [0, 0.1) is 12.3 Å². The summed E-state index contributed by atoms with van der Waals surface area (Å²) in [4.78, 5) is 8.12. The number of nitrogens with one attached hydrogen (secondary N) is 2. The predicted molar refractivity (Wildman–Crippen MR) is 116 cm³/mol. The number of sulfone groups is 1. The minimum Gasteiger partial charge on any atom is -0.486 e. The molecular weight excluding hydrogens is 386 g/mol. The van der Waals surface area contributed by atoms with Crippen LogP contribution < -0.4 is 4.74 Å². The van der Waals surface area contributed by atoms with Gasteiger partial charge < -0.3 is 15.1 Å². The first-order chi connectivity index (χ1) is 13.9. The number of hydrogen-bond donors (Lipinski definition) is 2. The largest absolute Gasteiger partial charge is 0.486 e. The van der Waals surface area contributed by atoms with Crippen molar-refractivity contribution in [2.45, 2.75) is 18.7 Å². The maximum absolute atomic E-state index is 12.4. The first-order valence-electron chi connectivity index (χ1n) is 9.30. The Morgan fingerprint density at radius 3 is 2.79 bits per heavy atom. The van der Waals surface area contributed by atoms with Crippen LogP contribution >= 0.6 is 0 Å². The van der Waals surface area contributed by atoms with Gasteiger partial charge in [0.25, 0.3) is 0 Å². The highest BCUT2D eigenvalue weighted by atomic mass is 32.2. The fourth-order valence-electron chi connectivity index (χ4n) is 3.48. The number of benzene rings is 2. The number of aryl methyl sites for hydroxylation is 1. The minimum absolute atomic E-state index is 0.0540. The van der Waals surface area contributed by atoms with E-state index in [4.69, 9.17) is 10.1 Å². The van der Waals surface area contributed by atoms with Crippen LogP contribution in [0.4, 0.5) is 0 Å². The molecule has 0 spiro atoms. The predicted octanol–water partition coefficient (Wildman–Crippen LogP) is 4.51. The van der Waals surface area contributed by atoms with Crippen molar-refractivity contribution in [1.29, 1.82) is 5.41 Å². The SMILES string of the molecule is CCS(=O)(=O)c1cccc(-c2ccc(OCC=N)c3[nH]c4ncc(C)cc4c23)c1. The van der Waals surface area contributed by atoms with E-state index in [0.717, 1.165) is 38.6 Å². The molecule has 6 nitrogen and oxygen atoms in total. The third-order valence-electron chi connectivity index (χ3n) is 4.91. The standard InChI is InChI=1S/C22H21N3O3S/c1-3-29(26,27)16-6-4-5-15(12-16)17-7-8-19(28-10-9-23)21-20(17)18-11-14(2)13-24-22(18)25-21/h4-9,11-13,23H,3,10H2,1-2H3,(H,24,25). The van der Waals surface area contributed by atoms with Crippen molar-refractivity contribution in [3.8, 4) is 16.9 Å². The Bertz CT molecular complexity index is 1340. The monoisotopic (exact) mass is 407 g/mol. The van der Waals surface area contributed by atoms with Gasteiger partial charge in [-0.25, -0.2) is 13.4 Å². The van der Waals surface area contributed by atoms with Gasteiger partial charge in [0, 0.05) is 23.2 Å². The summed E-state index contributed by atoms with van der Waals surface area (Å²) >= 11 is 0. The van der Waals surface area contributed by atoms with Crippen molar-refractivity contribution in [3.63, 3.8) is 0 Å².